The fourth-order valence-electron chi connectivity index (χ4n) is 1.34. The van der Waals surface area contributed by atoms with Crippen LogP contribution in [0.15, 0.2) is 0 Å². The summed E-state index contributed by atoms with van der Waals surface area (Å²) in [5.74, 6) is 0. The summed E-state index contributed by atoms with van der Waals surface area (Å²) in [5.41, 5.74) is 0. The Labute approximate surface area is 75.1 Å². The summed E-state index contributed by atoms with van der Waals surface area (Å²) in [4.78, 5) is 2.33. The summed E-state index contributed by atoms with van der Waals surface area (Å²) in [6, 6.07) is 0.577. The molecule has 0 bridgehead atoms. The third-order valence-corrected chi connectivity index (χ3v) is 2.40. The zero-order valence-corrected chi connectivity index (χ0v) is 8.18. The minimum absolute atomic E-state index is 0.577. The van der Waals surface area contributed by atoms with Crippen LogP contribution in [-0.4, -0.2) is 50.8 Å². The Hall–Kier alpha value is -0.120. The van der Waals surface area contributed by atoms with Gasteiger partial charge in [0.25, 0.3) is 0 Å². The van der Waals surface area contributed by atoms with Crippen LogP contribution in [0.1, 0.15) is 13.3 Å². The monoisotopic (exact) mass is 172 g/mol. The quantitative estimate of drug-likeness (QED) is 0.661. The van der Waals surface area contributed by atoms with Crippen molar-refractivity contribution in [2.45, 2.75) is 19.4 Å². The van der Waals surface area contributed by atoms with Crippen LogP contribution < -0.4 is 5.32 Å². The van der Waals surface area contributed by atoms with Crippen LogP contribution in [-0.2, 0) is 4.74 Å². The maximum absolute atomic E-state index is 5.37. The zero-order chi connectivity index (χ0) is 8.81. The average Bonchev–Trinajstić information content (AvgIpc) is 2.16. The van der Waals surface area contributed by atoms with E-state index in [9.17, 15) is 0 Å². The van der Waals surface area contributed by atoms with Gasteiger partial charge in [0.15, 0.2) is 0 Å². The molecule has 1 rings (SSSR count). The van der Waals surface area contributed by atoms with Gasteiger partial charge in [-0.15, -0.1) is 0 Å². The molecule has 0 aromatic heterocycles. The second-order valence-electron chi connectivity index (χ2n) is 3.41. The number of hydrogen-bond acceptors (Lipinski definition) is 3. The molecule has 0 aliphatic carbocycles. The first kappa shape index (κ1) is 9.96. The van der Waals surface area contributed by atoms with Crippen molar-refractivity contribution in [3.05, 3.63) is 0 Å². The fraction of sp³-hybridized carbons (Fsp3) is 1.00. The maximum atomic E-state index is 5.37. The molecule has 1 atom stereocenters. The maximum Gasteiger partial charge on any atom is 0.0620 e. The van der Waals surface area contributed by atoms with Crippen LogP contribution in [0.3, 0.4) is 0 Å². The van der Waals surface area contributed by atoms with Gasteiger partial charge >= 0.3 is 0 Å². The van der Waals surface area contributed by atoms with Crippen molar-refractivity contribution in [1.82, 2.24) is 10.2 Å². The van der Waals surface area contributed by atoms with Crippen LogP contribution in [0, 0.1) is 0 Å². The molecule has 0 amide bonds. The van der Waals surface area contributed by atoms with Gasteiger partial charge in [-0.25, -0.2) is 0 Å². The standard InChI is InChI=1S/C9H20N2O/c1-3-11(2)6-4-9-8-12-7-5-10-9/h9-10H,3-8H2,1-2H3. The van der Waals surface area contributed by atoms with Crippen molar-refractivity contribution < 1.29 is 4.74 Å². The van der Waals surface area contributed by atoms with E-state index in [2.05, 4.69) is 24.2 Å². The van der Waals surface area contributed by atoms with E-state index in [-0.39, 0.29) is 0 Å². The first-order valence-electron chi connectivity index (χ1n) is 4.82. The van der Waals surface area contributed by atoms with E-state index in [1.165, 1.54) is 6.42 Å². The molecular weight excluding hydrogens is 152 g/mol. The van der Waals surface area contributed by atoms with Gasteiger partial charge in [-0.3, -0.25) is 0 Å². The lowest BCUT2D eigenvalue weighted by Gasteiger charge is -2.25. The van der Waals surface area contributed by atoms with E-state index in [0.29, 0.717) is 6.04 Å². The largest absolute Gasteiger partial charge is 0.379 e. The molecule has 1 aliphatic heterocycles. The van der Waals surface area contributed by atoms with Gasteiger partial charge in [-0.2, -0.15) is 0 Å². The van der Waals surface area contributed by atoms with Crippen molar-refractivity contribution >= 4 is 0 Å². The third kappa shape index (κ3) is 3.52. The van der Waals surface area contributed by atoms with E-state index in [1.807, 2.05) is 0 Å². The number of hydrogen-bond donors (Lipinski definition) is 1. The molecule has 1 heterocycles. The highest BCUT2D eigenvalue weighted by Gasteiger charge is 2.12. The lowest BCUT2D eigenvalue weighted by atomic mass is 10.2. The van der Waals surface area contributed by atoms with Gasteiger partial charge in [-0.05, 0) is 26.6 Å². The van der Waals surface area contributed by atoms with E-state index in [1.54, 1.807) is 0 Å². The molecule has 0 aromatic carbocycles. The first-order valence-corrected chi connectivity index (χ1v) is 4.82. The Bertz CT molecular complexity index is 113. The van der Waals surface area contributed by atoms with E-state index < -0.39 is 0 Å². The van der Waals surface area contributed by atoms with Gasteiger partial charge in [0.2, 0.25) is 0 Å². The molecule has 0 aromatic rings. The summed E-state index contributed by atoms with van der Waals surface area (Å²) in [6.45, 7) is 7.26. The van der Waals surface area contributed by atoms with Crippen LogP contribution in [0.2, 0.25) is 0 Å². The summed E-state index contributed by atoms with van der Waals surface area (Å²) < 4.78 is 5.37. The second-order valence-corrected chi connectivity index (χ2v) is 3.41. The van der Waals surface area contributed by atoms with Gasteiger partial charge in [0.05, 0.1) is 13.2 Å². The predicted molar refractivity (Wildman–Crippen MR) is 50.4 cm³/mol. The van der Waals surface area contributed by atoms with Crippen LogP contribution in [0.25, 0.3) is 0 Å². The summed E-state index contributed by atoms with van der Waals surface area (Å²) in [7, 11) is 2.16. The predicted octanol–water partition coefficient (Wildman–Crippen LogP) is 0.317. The molecular formula is C9H20N2O. The molecule has 1 N–H and O–H groups in total. The summed E-state index contributed by atoms with van der Waals surface area (Å²) in [5, 5.41) is 3.45. The van der Waals surface area contributed by atoms with Gasteiger partial charge in [0, 0.05) is 12.6 Å². The number of nitrogens with zero attached hydrogens (tertiary/aromatic N) is 1. The molecule has 0 spiro atoms. The van der Waals surface area contributed by atoms with Crippen molar-refractivity contribution in [2.75, 3.05) is 39.9 Å². The topological polar surface area (TPSA) is 24.5 Å². The molecule has 0 radical (unpaired) electrons. The highest BCUT2D eigenvalue weighted by atomic mass is 16.5. The fourth-order valence-corrected chi connectivity index (χ4v) is 1.34. The highest BCUT2D eigenvalue weighted by Crippen LogP contribution is 1.99. The average molecular weight is 172 g/mol. The molecule has 0 saturated carbocycles. The van der Waals surface area contributed by atoms with Gasteiger partial charge in [0.1, 0.15) is 0 Å². The molecule has 1 saturated heterocycles. The zero-order valence-electron chi connectivity index (χ0n) is 8.18. The minimum Gasteiger partial charge on any atom is -0.379 e. The molecule has 1 aliphatic rings. The third-order valence-electron chi connectivity index (χ3n) is 2.40. The van der Waals surface area contributed by atoms with Crippen molar-refractivity contribution in [1.29, 1.82) is 0 Å². The number of nitrogens with one attached hydrogen (secondary N) is 1. The summed E-state index contributed by atoms with van der Waals surface area (Å²) in [6.07, 6.45) is 1.20. The lowest BCUT2D eigenvalue weighted by Crippen LogP contribution is -2.42. The molecule has 12 heavy (non-hydrogen) atoms. The van der Waals surface area contributed by atoms with Gasteiger partial charge < -0.3 is 15.0 Å². The molecule has 3 nitrogen and oxygen atoms in total. The Kier molecular flexibility index (Phi) is 4.58. The Balaban J connectivity index is 2.05. The van der Waals surface area contributed by atoms with E-state index in [0.717, 1.165) is 32.8 Å². The minimum atomic E-state index is 0.577. The molecule has 1 fully saturated rings. The SMILES string of the molecule is CCN(C)CCC1COCCN1. The molecule has 1 unspecified atom stereocenters. The first-order chi connectivity index (χ1) is 5.83. The second kappa shape index (κ2) is 5.51. The highest BCUT2D eigenvalue weighted by molar-refractivity contribution is 4.70. The van der Waals surface area contributed by atoms with Crippen LogP contribution >= 0.6 is 0 Å². The Morgan fingerprint density at radius 3 is 3.00 bits per heavy atom. The normalized spacial score (nSPS) is 24.8. The van der Waals surface area contributed by atoms with Crippen molar-refractivity contribution in [3.8, 4) is 0 Å². The van der Waals surface area contributed by atoms with Crippen LogP contribution in [0.5, 0.6) is 0 Å². The smallest absolute Gasteiger partial charge is 0.0620 e. The number of morpholine rings is 1. The molecule has 72 valence electrons. The number of ether oxygens (including phenoxy) is 1. The Morgan fingerprint density at radius 1 is 1.58 bits per heavy atom. The van der Waals surface area contributed by atoms with Gasteiger partial charge in [-0.1, -0.05) is 6.92 Å². The van der Waals surface area contributed by atoms with Crippen molar-refractivity contribution in [2.24, 2.45) is 0 Å². The lowest BCUT2D eigenvalue weighted by molar-refractivity contribution is 0.0712. The number of rotatable bonds is 4. The molecule has 3 heteroatoms. The van der Waals surface area contributed by atoms with E-state index in [4.69, 9.17) is 4.74 Å². The Morgan fingerprint density at radius 2 is 2.42 bits per heavy atom. The van der Waals surface area contributed by atoms with E-state index >= 15 is 0 Å². The van der Waals surface area contributed by atoms with Crippen LogP contribution in [0.4, 0.5) is 0 Å². The summed E-state index contributed by atoms with van der Waals surface area (Å²) >= 11 is 0. The van der Waals surface area contributed by atoms with Crippen molar-refractivity contribution in [3.63, 3.8) is 0 Å².